The molecule has 2 N–H and O–H groups in total. The zero-order valence-electron chi connectivity index (χ0n) is 21.8. The Morgan fingerprint density at radius 2 is 2.02 bits per heavy atom. The smallest absolute Gasteiger partial charge is 0.272 e. The fourth-order valence-electron chi connectivity index (χ4n) is 4.03. The molecule has 2 aromatic carbocycles. The van der Waals surface area contributed by atoms with Gasteiger partial charge in [-0.1, -0.05) is 0 Å². The van der Waals surface area contributed by atoms with Crippen LogP contribution in [0.5, 0.6) is 11.6 Å². The zero-order chi connectivity index (χ0) is 28.9. The minimum atomic E-state index is -4.29. The van der Waals surface area contributed by atoms with Gasteiger partial charge in [0.05, 0.1) is 23.3 Å². The third-order valence-corrected chi connectivity index (χ3v) is 7.58. The van der Waals surface area contributed by atoms with Crippen molar-refractivity contribution in [2.24, 2.45) is 0 Å². The number of nitro benzene ring substituents is 1. The van der Waals surface area contributed by atoms with E-state index < -0.39 is 37.3 Å². The SMILES string of the molecule is COCCNS(=O)(=O)c1cc([N+](=O)[O-])ccc1Oc1c(C)c(C(=O)NC[C@H]2CCCO2)nn1-c1ccc(F)cc1. The number of nitrogens with one attached hydrogen (secondary N) is 2. The maximum absolute atomic E-state index is 13.7. The molecule has 1 amide bonds. The number of rotatable bonds is 12. The van der Waals surface area contributed by atoms with Gasteiger partial charge in [-0.2, -0.15) is 9.78 Å². The van der Waals surface area contributed by atoms with E-state index in [2.05, 4.69) is 15.1 Å². The van der Waals surface area contributed by atoms with E-state index in [1.165, 1.54) is 36.1 Å². The molecule has 2 heterocycles. The van der Waals surface area contributed by atoms with Gasteiger partial charge in [-0.25, -0.2) is 17.5 Å². The molecular formula is C25H28FN5O8S. The van der Waals surface area contributed by atoms with Gasteiger partial charge in [-0.3, -0.25) is 14.9 Å². The van der Waals surface area contributed by atoms with E-state index in [1.807, 2.05) is 0 Å². The lowest BCUT2D eigenvalue weighted by molar-refractivity contribution is -0.385. The standard InChI is InChI=1S/C25H28FN5O8S/c1-16-23(24(32)27-15-20-4-3-12-38-20)29-30(18-7-5-17(26)6-8-18)25(16)39-21-10-9-19(31(33)34)14-22(21)40(35,36)28-11-13-37-2/h5-10,14,20,28H,3-4,11-13,15H2,1-2H3,(H,27,32)/t20-/m1/s1. The molecule has 0 radical (unpaired) electrons. The van der Waals surface area contributed by atoms with Crippen molar-refractivity contribution < 1.29 is 36.7 Å². The third kappa shape index (κ3) is 6.62. The van der Waals surface area contributed by atoms with Crippen molar-refractivity contribution in [3.63, 3.8) is 0 Å². The summed E-state index contributed by atoms with van der Waals surface area (Å²) in [6.07, 6.45) is 1.60. The number of halogens is 1. The van der Waals surface area contributed by atoms with Gasteiger partial charge in [-0.15, -0.1) is 0 Å². The van der Waals surface area contributed by atoms with E-state index in [-0.39, 0.29) is 48.7 Å². The lowest BCUT2D eigenvalue weighted by Crippen LogP contribution is -2.32. The van der Waals surface area contributed by atoms with E-state index in [0.717, 1.165) is 31.0 Å². The number of nitrogens with zero attached hydrogens (tertiary/aromatic N) is 3. The van der Waals surface area contributed by atoms with Crippen molar-refractivity contribution in [3.05, 3.63) is 69.7 Å². The summed E-state index contributed by atoms with van der Waals surface area (Å²) in [5.41, 5.74) is 0.0877. The molecule has 1 saturated heterocycles. The fraction of sp³-hybridized carbons (Fsp3) is 0.360. The Kier molecular flexibility index (Phi) is 9.09. The minimum Gasteiger partial charge on any atom is -0.437 e. The quantitative estimate of drug-likeness (QED) is 0.187. The normalized spacial score (nSPS) is 15.2. The second-order valence-corrected chi connectivity index (χ2v) is 10.6. The van der Waals surface area contributed by atoms with Gasteiger partial charge < -0.3 is 19.5 Å². The summed E-state index contributed by atoms with van der Waals surface area (Å²) in [6, 6.07) is 8.29. The van der Waals surface area contributed by atoms with Gasteiger partial charge in [0.2, 0.25) is 15.9 Å². The van der Waals surface area contributed by atoms with Crippen LogP contribution < -0.4 is 14.8 Å². The van der Waals surface area contributed by atoms with Crippen molar-refractivity contribution in [2.45, 2.75) is 30.8 Å². The number of aromatic nitrogens is 2. The molecule has 0 spiro atoms. The first-order valence-corrected chi connectivity index (χ1v) is 13.8. The number of carbonyl (C=O) groups is 1. The summed E-state index contributed by atoms with van der Waals surface area (Å²) in [5.74, 6) is -1.32. The van der Waals surface area contributed by atoms with Crippen molar-refractivity contribution in [1.29, 1.82) is 0 Å². The Bertz CT molecular complexity index is 1490. The molecule has 0 aliphatic carbocycles. The van der Waals surface area contributed by atoms with Crippen LogP contribution in [0.4, 0.5) is 10.1 Å². The van der Waals surface area contributed by atoms with Crippen LogP contribution in [0.25, 0.3) is 5.69 Å². The number of hydrogen-bond donors (Lipinski definition) is 2. The minimum absolute atomic E-state index is 0.0122. The van der Waals surface area contributed by atoms with Crippen LogP contribution in [0.1, 0.15) is 28.9 Å². The van der Waals surface area contributed by atoms with Gasteiger partial charge in [-0.05, 0) is 50.1 Å². The fourth-order valence-corrected chi connectivity index (χ4v) is 5.19. The number of amides is 1. The molecule has 0 bridgehead atoms. The van der Waals surface area contributed by atoms with Crippen LogP contribution in [-0.4, -0.2) is 68.5 Å². The van der Waals surface area contributed by atoms with Gasteiger partial charge in [0.15, 0.2) is 5.69 Å². The van der Waals surface area contributed by atoms with Crippen LogP contribution in [0, 0.1) is 22.9 Å². The van der Waals surface area contributed by atoms with E-state index in [9.17, 15) is 27.7 Å². The molecule has 0 unspecified atom stereocenters. The zero-order valence-corrected chi connectivity index (χ0v) is 22.6. The third-order valence-electron chi connectivity index (χ3n) is 6.10. The summed E-state index contributed by atoms with van der Waals surface area (Å²) >= 11 is 0. The second kappa shape index (κ2) is 12.5. The number of hydrogen-bond acceptors (Lipinski definition) is 9. The number of ether oxygens (including phenoxy) is 3. The summed E-state index contributed by atoms with van der Waals surface area (Å²) < 4.78 is 59.8. The number of non-ortho nitro benzene ring substituents is 1. The van der Waals surface area contributed by atoms with E-state index in [4.69, 9.17) is 14.2 Å². The number of carbonyl (C=O) groups excluding carboxylic acids is 1. The molecule has 13 nitrogen and oxygen atoms in total. The first-order chi connectivity index (χ1) is 19.1. The predicted octanol–water partition coefficient (Wildman–Crippen LogP) is 2.85. The monoisotopic (exact) mass is 577 g/mol. The van der Waals surface area contributed by atoms with Crippen LogP contribution in [0.2, 0.25) is 0 Å². The molecule has 1 atom stereocenters. The summed E-state index contributed by atoms with van der Waals surface area (Å²) in [7, 11) is -2.90. The Morgan fingerprint density at radius 1 is 1.27 bits per heavy atom. The molecule has 3 aromatic rings. The van der Waals surface area contributed by atoms with E-state index in [1.54, 1.807) is 6.92 Å². The highest BCUT2D eigenvalue weighted by Gasteiger charge is 2.28. The van der Waals surface area contributed by atoms with Gasteiger partial charge in [0, 0.05) is 44.5 Å². The number of benzene rings is 2. The summed E-state index contributed by atoms with van der Waals surface area (Å²) in [5, 5.41) is 18.6. The van der Waals surface area contributed by atoms with Gasteiger partial charge >= 0.3 is 0 Å². The van der Waals surface area contributed by atoms with Crippen LogP contribution in [0.15, 0.2) is 47.4 Å². The highest BCUT2D eigenvalue weighted by molar-refractivity contribution is 7.89. The molecule has 214 valence electrons. The number of sulfonamides is 1. The number of methoxy groups -OCH3 is 1. The van der Waals surface area contributed by atoms with Crippen molar-refractivity contribution in [3.8, 4) is 17.3 Å². The van der Waals surface area contributed by atoms with Crippen molar-refractivity contribution >= 4 is 21.6 Å². The average Bonchev–Trinajstić information content (AvgIpc) is 3.56. The van der Waals surface area contributed by atoms with Gasteiger partial charge in [0.25, 0.3) is 11.6 Å². The van der Waals surface area contributed by atoms with E-state index >= 15 is 0 Å². The topological polar surface area (TPSA) is 164 Å². The first kappa shape index (κ1) is 29.1. The Morgan fingerprint density at radius 3 is 2.67 bits per heavy atom. The molecule has 40 heavy (non-hydrogen) atoms. The summed E-state index contributed by atoms with van der Waals surface area (Å²) in [4.78, 5) is 23.2. The second-order valence-electron chi connectivity index (χ2n) is 8.89. The maximum atomic E-state index is 13.7. The Balaban J connectivity index is 1.76. The molecule has 1 aliphatic heterocycles. The molecule has 0 saturated carbocycles. The van der Waals surface area contributed by atoms with E-state index in [0.29, 0.717) is 12.3 Å². The molecule has 1 aliphatic rings. The van der Waals surface area contributed by atoms with Crippen molar-refractivity contribution in [2.75, 3.05) is 33.4 Å². The molecule has 15 heteroatoms. The lowest BCUT2D eigenvalue weighted by atomic mass is 10.2. The highest BCUT2D eigenvalue weighted by Crippen LogP contribution is 2.35. The largest absolute Gasteiger partial charge is 0.437 e. The van der Waals surface area contributed by atoms with Crippen molar-refractivity contribution in [1.82, 2.24) is 19.8 Å². The highest BCUT2D eigenvalue weighted by atomic mass is 32.2. The molecule has 1 aromatic heterocycles. The summed E-state index contributed by atoms with van der Waals surface area (Å²) in [6.45, 7) is 2.42. The number of nitro groups is 1. The first-order valence-electron chi connectivity index (χ1n) is 12.3. The Labute approximate surface area is 229 Å². The molecular weight excluding hydrogens is 549 g/mol. The molecule has 1 fully saturated rings. The predicted molar refractivity (Wildman–Crippen MR) is 140 cm³/mol. The Hall–Kier alpha value is -3.92. The van der Waals surface area contributed by atoms with Crippen LogP contribution in [0.3, 0.4) is 0 Å². The van der Waals surface area contributed by atoms with Gasteiger partial charge in [0.1, 0.15) is 16.5 Å². The van der Waals surface area contributed by atoms with Crippen LogP contribution >= 0.6 is 0 Å². The maximum Gasteiger partial charge on any atom is 0.272 e. The molecule has 4 rings (SSSR count). The average molecular weight is 578 g/mol. The van der Waals surface area contributed by atoms with Crippen LogP contribution in [-0.2, 0) is 19.5 Å². The lowest BCUT2D eigenvalue weighted by Gasteiger charge is -2.14.